The Hall–Kier alpha value is -1.36. The summed E-state index contributed by atoms with van der Waals surface area (Å²) in [4.78, 5) is 11.4. The summed E-state index contributed by atoms with van der Waals surface area (Å²) < 4.78 is 0. The molecular weight excluding hydrogens is 262 g/mol. The Morgan fingerprint density at radius 2 is 1.86 bits per heavy atom. The van der Waals surface area contributed by atoms with Crippen LogP contribution < -0.4 is 10.6 Å². The highest BCUT2D eigenvalue weighted by atomic mass is 15.3. The SMILES string of the molecule is CCNc1ccnc(NC2CC(C)(C)N(C)C(C)(C)C2)n1. The van der Waals surface area contributed by atoms with E-state index < -0.39 is 0 Å². The molecule has 0 atom stereocenters. The molecule has 1 aliphatic heterocycles. The van der Waals surface area contributed by atoms with Crippen molar-refractivity contribution in [2.24, 2.45) is 0 Å². The Morgan fingerprint density at radius 3 is 2.43 bits per heavy atom. The molecule has 2 rings (SSSR count). The Kier molecular flexibility index (Phi) is 4.42. The summed E-state index contributed by atoms with van der Waals surface area (Å²) in [6.07, 6.45) is 3.97. The monoisotopic (exact) mass is 291 g/mol. The summed E-state index contributed by atoms with van der Waals surface area (Å²) in [5.74, 6) is 1.59. The molecule has 0 unspecified atom stereocenters. The first-order valence-corrected chi connectivity index (χ1v) is 7.82. The first-order valence-electron chi connectivity index (χ1n) is 7.82. The van der Waals surface area contributed by atoms with Crippen LogP contribution in [0.3, 0.4) is 0 Å². The van der Waals surface area contributed by atoms with Crippen LogP contribution in [0.15, 0.2) is 12.3 Å². The molecule has 0 aromatic carbocycles. The fourth-order valence-corrected chi connectivity index (χ4v) is 3.36. The number of likely N-dealkylation sites (tertiary alicyclic amines) is 1. The third-order valence-electron chi connectivity index (χ3n) is 4.65. The number of aromatic nitrogens is 2. The molecule has 0 radical (unpaired) electrons. The predicted octanol–water partition coefficient (Wildman–Crippen LogP) is 2.97. The maximum absolute atomic E-state index is 4.52. The molecule has 21 heavy (non-hydrogen) atoms. The van der Waals surface area contributed by atoms with E-state index in [0.29, 0.717) is 6.04 Å². The van der Waals surface area contributed by atoms with Crippen LogP contribution >= 0.6 is 0 Å². The van der Waals surface area contributed by atoms with Crippen LogP contribution in [0, 0.1) is 0 Å². The summed E-state index contributed by atoms with van der Waals surface area (Å²) in [6, 6.07) is 2.29. The van der Waals surface area contributed by atoms with Crippen LogP contribution in [-0.2, 0) is 0 Å². The lowest BCUT2D eigenvalue weighted by molar-refractivity contribution is -0.00778. The van der Waals surface area contributed by atoms with Crippen LogP contribution in [-0.4, -0.2) is 45.6 Å². The van der Waals surface area contributed by atoms with Crippen molar-refractivity contribution in [2.45, 2.75) is 64.6 Å². The number of hydrogen-bond acceptors (Lipinski definition) is 5. The summed E-state index contributed by atoms with van der Waals surface area (Å²) in [7, 11) is 2.22. The van der Waals surface area contributed by atoms with Gasteiger partial charge in [0.15, 0.2) is 0 Å². The third-order valence-corrected chi connectivity index (χ3v) is 4.65. The average Bonchev–Trinajstić information content (AvgIpc) is 2.36. The van der Waals surface area contributed by atoms with Crippen LogP contribution in [0.2, 0.25) is 0 Å². The summed E-state index contributed by atoms with van der Waals surface area (Å²) in [6.45, 7) is 12.1. The topological polar surface area (TPSA) is 53.1 Å². The van der Waals surface area contributed by atoms with Gasteiger partial charge < -0.3 is 10.6 Å². The second-order valence-electron chi connectivity index (χ2n) is 7.23. The van der Waals surface area contributed by atoms with Gasteiger partial charge >= 0.3 is 0 Å². The lowest BCUT2D eigenvalue weighted by atomic mass is 9.77. The summed E-state index contributed by atoms with van der Waals surface area (Å²) in [5, 5.41) is 6.75. The Balaban J connectivity index is 2.11. The lowest BCUT2D eigenvalue weighted by Crippen LogP contribution is -2.61. The van der Waals surface area contributed by atoms with Gasteiger partial charge in [0, 0.05) is 29.9 Å². The Morgan fingerprint density at radius 1 is 1.24 bits per heavy atom. The van der Waals surface area contributed by atoms with Gasteiger partial charge in [0.2, 0.25) is 5.95 Å². The number of anilines is 2. The standard InChI is InChI=1S/C16H29N5/c1-7-17-13-8-9-18-14(20-13)19-12-10-15(2,3)21(6)16(4,5)11-12/h8-9,12H,7,10-11H2,1-6H3,(H2,17,18,19,20). The highest BCUT2D eigenvalue weighted by molar-refractivity contribution is 5.40. The van der Waals surface area contributed by atoms with Crippen molar-refractivity contribution < 1.29 is 0 Å². The molecule has 0 amide bonds. The van der Waals surface area contributed by atoms with Gasteiger partial charge in [0.05, 0.1) is 0 Å². The molecule has 1 aromatic heterocycles. The third kappa shape index (κ3) is 3.64. The zero-order valence-electron chi connectivity index (χ0n) is 14.2. The van der Waals surface area contributed by atoms with Crippen molar-refractivity contribution in [1.29, 1.82) is 0 Å². The van der Waals surface area contributed by atoms with Gasteiger partial charge in [0.25, 0.3) is 0 Å². The van der Waals surface area contributed by atoms with Crippen molar-refractivity contribution in [2.75, 3.05) is 24.2 Å². The largest absolute Gasteiger partial charge is 0.370 e. The minimum atomic E-state index is 0.165. The molecule has 2 heterocycles. The quantitative estimate of drug-likeness (QED) is 0.893. The van der Waals surface area contributed by atoms with Crippen LogP contribution in [0.25, 0.3) is 0 Å². The first kappa shape index (κ1) is 16.0. The van der Waals surface area contributed by atoms with E-state index in [-0.39, 0.29) is 11.1 Å². The van der Waals surface area contributed by atoms with E-state index in [4.69, 9.17) is 0 Å². The summed E-state index contributed by atoms with van der Waals surface area (Å²) in [5.41, 5.74) is 0.331. The van der Waals surface area contributed by atoms with Crippen molar-refractivity contribution in [1.82, 2.24) is 14.9 Å². The average molecular weight is 291 g/mol. The Bertz CT molecular complexity index is 465. The molecule has 1 saturated heterocycles. The maximum atomic E-state index is 4.52. The molecule has 118 valence electrons. The molecular formula is C16H29N5. The van der Waals surface area contributed by atoms with Gasteiger partial charge in [-0.1, -0.05) is 0 Å². The first-order chi connectivity index (χ1) is 9.74. The summed E-state index contributed by atoms with van der Waals surface area (Å²) >= 11 is 0. The molecule has 0 aliphatic carbocycles. The van der Waals surface area contributed by atoms with Gasteiger partial charge in [-0.2, -0.15) is 4.98 Å². The Labute approximate surface area is 128 Å². The van der Waals surface area contributed by atoms with Crippen molar-refractivity contribution >= 4 is 11.8 Å². The fourth-order valence-electron chi connectivity index (χ4n) is 3.36. The zero-order chi connectivity index (χ0) is 15.7. The minimum Gasteiger partial charge on any atom is -0.370 e. The number of rotatable bonds is 4. The molecule has 0 spiro atoms. The van der Waals surface area contributed by atoms with Gasteiger partial charge in [0.1, 0.15) is 5.82 Å². The number of piperidine rings is 1. The molecule has 1 aliphatic rings. The molecule has 5 heteroatoms. The molecule has 1 fully saturated rings. The smallest absolute Gasteiger partial charge is 0.224 e. The zero-order valence-corrected chi connectivity index (χ0v) is 14.2. The van der Waals surface area contributed by atoms with Crippen LogP contribution in [0.1, 0.15) is 47.5 Å². The van der Waals surface area contributed by atoms with E-state index >= 15 is 0 Å². The molecule has 0 bridgehead atoms. The van der Waals surface area contributed by atoms with Crippen molar-refractivity contribution in [3.05, 3.63) is 12.3 Å². The molecule has 0 saturated carbocycles. The molecule has 5 nitrogen and oxygen atoms in total. The highest BCUT2D eigenvalue weighted by Gasteiger charge is 2.43. The second kappa shape index (κ2) is 5.79. The van der Waals surface area contributed by atoms with E-state index in [9.17, 15) is 0 Å². The number of nitrogens with zero attached hydrogens (tertiary/aromatic N) is 3. The van der Waals surface area contributed by atoms with Gasteiger partial charge in [-0.05, 0) is 60.6 Å². The maximum Gasteiger partial charge on any atom is 0.224 e. The fraction of sp³-hybridized carbons (Fsp3) is 0.750. The normalized spacial score (nSPS) is 22.0. The van der Waals surface area contributed by atoms with Gasteiger partial charge in [-0.15, -0.1) is 0 Å². The lowest BCUT2D eigenvalue weighted by Gasteiger charge is -2.53. The van der Waals surface area contributed by atoms with E-state index in [0.717, 1.165) is 31.2 Å². The van der Waals surface area contributed by atoms with Gasteiger partial charge in [-0.3, -0.25) is 4.90 Å². The predicted molar refractivity (Wildman–Crippen MR) is 88.8 cm³/mol. The van der Waals surface area contributed by atoms with E-state index in [1.165, 1.54) is 0 Å². The van der Waals surface area contributed by atoms with Gasteiger partial charge in [-0.25, -0.2) is 4.98 Å². The second-order valence-corrected chi connectivity index (χ2v) is 7.23. The molecule has 2 N–H and O–H groups in total. The minimum absolute atomic E-state index is 0.165. The number of nitrogens with one attached hydrogen (secondary N) is 2. The highest BCUT2D eigenvalue weighted by Crippen LogP contribution is 2.37. The van der Waals surface area contributed by atoms with Crippen molar-refractivity contribution in [3.8, 4) is 0 Å². The molecule has 1 aromatic rings. The number of hydrogen-bond donors (Lipinski definition) is 2. The van der Waals surface area contributed by atoms with E-state index in [2.05, 4.69) is 67.2 Å². The van der Waals surface area contributed by atoms with Crippen molar-refractivity contribution in [3.63, 3.8) is 0 Å². The van der Waals surface area contributed by atoms with Crippen LogP contribution in [0.4, 0.5) is 11.8 Å². The van der Waals surface area contributed by atoms with E-state index in [1.807, 2.05) is 6.07 Å². The van der Waals surface area contributed by atoms with E-state index in [1.54, 1.807) is 6.20 Å². The van der Waals surface area contributed by atoms with Crippen LogP contribution in [0.5, 0.6) is 0 Å².